The van der Waals surface area contributed by atoms with Crippen molar-refractivity contribution >= 4 is 6.08 Å². The first kappa shape index (κ1) is 5.47. The molecule has 2 heteroatoms. The van der Waals surface area contributed by atoms with E-state index in [-0.39, 0.29) is 5.75 Å². The van der Waals surface area contributed by atoms with Crippen LogP contribution in [0.3, 0.4) is 0 Å². The second kappa shape index (κ2) is 1.84. The first-order chi connectivity index (χ1) is 4.86. The van der Waals surface area contributed by atoms with Crippen molar-refractivity contribution in [3.05, 3.63) is 28.8 Å². The maximum atomic E-state index is 9.02. The molecule has 0 radical (unpaired) electrons. The Morgan fingerprint density at radius 1 is 1.40 bits per heavy atom. The summed E-state index contributed by atoms with van der Waals surface area (Å²) in [4.78, 5) is 4.14. The minimum Gasteiger partial charge on any atom is -0.508 e. The number of benzene rings is 1. The number of fused-ring (bicyclic) bond motifs is 1. The number of hydrogen-bond donors (Lipinski definition) is 1. The van der Waals surface area contributed by atoms with Crippen LogP contribution in [-0.4, -0.2) is 11.7 Å². The second-order valence-corrected chi connectivity index (χ2v) is 2.29. The Balaban J connectivity index is 2.88. The van der Waals surface area contributed by atoms with Gasteiger partial charge in [0, 0.05) is 6.07 Å². The van der Waals surface area contributed by atoms with Crippen LogP contribution in [0.25, 0.3) is 6.08 Å². The SMILES string of the molecule is Oc1ccc2c(c1)=NCC=2. The van der Waals surface area contributed by atoms with Crippen LogP contribution in [0.5, 0.6) is 5.75 Å². The van der Waals surface area contributed by atoms with Crippen LogP contribution < -0.4 is 10.6 Å². The van der Waals surface area contributed by atoms with Crippen molar-refractivity contribution in [2.24, 2.45) is 4.99 Å². The fourth-order valence-corrected chi connectivity index (χ4v) is 1.08. The molecule has 50 valence electrons. The van der Waals surface area contributed by atoms with E-state index in [2.05, 4.69) is 4.99 Å². The van der Waals surface area contributed by atoms with Crippen LogP contribution >= 0.6 is 0 Å². The average Bonchev–Trinajstić information content (AvgIpc) is 2.33. The summed E-state index contributed by atoms with van der Waals surface area (Å²) in [5.41, 5.74) is 0. The summed E-state index contributed by atoms with van der Waals surface area (Å²) < 4.78 is 0. The summed E-state index contributed by atoms with van der Waals surface area (Å²) in [6, 6.07) is 5.23. The van der Waals surface area contributed by atoms with Crippen LogP contribution in [0.2, 0.25) is 0 Å². The molecule has 0 saturated heterocycles. The minimum atomic E-state index is 0.290. The Bertz CT molecular complexity index is 367. The van der Waals surface area contributed by atoms with Gasteiger partial charge in [-0.1, -0.05) is 6.08 Å². The van der Waals surface area contributed by atoms with Gasteiger partial charge in [0.05, 0.1) is 11.9 Å². The van der Waals surface area contributed by atoms with Crippen LogP contribution in [0.15, 0.2) is 23.2 Å². The lowest BCUT2D eigenvalue weighted by Gasteiger charge is -1.86. The zero-order valence-electron chi connectivity index (χ0n) is 5.41. The molecule has 1 aliphatic heterocycles. The van der Waals surface area contributed by atoms with E-state index in [0.29, 0.717) is 0 Å². The normalized spacial score (nSPS) is 13.6. The molecule has 0 unspecified atom stereocenters. The van der Waals surface area contributed by atoms with Crippen molar-refractivity contribution < 1.29 is 5.11 Å². The summed E-state index contributed by atoms with van der Waals surface area (Å²) in [7, 11) is 0. The molecule has 0 atom stereocenters. The molecule has 0 fully saturated rings. The highest BCUT2D eigenvalue weighted by Gasteiger charge is 1.93. The van der Waals surface area contributed by atoms with Gasteiger partial charge < -0.3 is 5.11 Å². The number of rotatable bonds is 0. The highest BCUT2D eigenvalue weighted by molar-refractivity contribution is 5.32. The van der Waals surface area contributed by atoms with Gasteiger partial charge >= 0.3 is 0 Å². The first-order valence-corrected chi connectivity index (χ1v) is 3.20. The van der Waals surface area contributed by atoms with E-state index in [1.165, 1.54) is 0 Å². The highest BCUT2D eigenvalue weighted by Crippen LogP contribution is 1.98. The Morgan fingerprint density at radius 2 is 2.30 bits per heavy atom. The lowest BCUT2D eigenvalue weighted by Crippen LogP contribution is -2.19. The van der Waals surface area contributed by atoms with Gasteiger partial charge in [0.25, 0.3) is 0 Å². The van der Waals surface area contributed by atoms with Crippen molar-refractivity contribution in [1.29, 1.82) is 0 Å². The fraction of sp³-hybridized carbons (Fsp3) is 0.125. The molecule has 2 nitrogen and oxygen atoms in total. The van der Waals surface area contributed by atoms with E-state index in [0.717, 1.165) is 17.1 Å². The molecule has 0 aliphatic carbocycles. The Morgan fingerprint density at radius 3 is 3.20 bits per heavy atom. The van der Waals surface area contributed by atoms with Crippen LogP contribution in [0.4, 0.5) is 0 Å². The smallest absolute Gasteiger partial charge is 0.117 e. The van der Waals surface area contributed by atoms with Crippen LogP contribution in [-0.2, 0) is 0 Å². The molecular weight excluding hydrogens is 126 g/mol. The van der Waals surface area contributed by atoms with E-state index >= 15 is 0 Å². The van der Waals surface area contributed by atoms with Crippen LogP contribution in [0.1, 0.15) is 0 Å². The summed E-state index contributed by atoms with van der Waals surface area (Å²) in [6.07, 6.45) is 2.04. The predicted octanol–water partition coefficient (Wildman–Crippen LogP) is -0.194. The summed E-state index contributed by atoms with van der Waals surface area (Å²) in [6.45, 7) is 0.749. The zero-order chi connectivity index (χ0) is 6.97. The topological polar surface area (TPSA) is 32.6 Å². The quantitative estimate of drug-likeness (QED) is 0.522. The van der Waals surface area contributed by atoms with Gasteiger partial charge in [0.1, 0.15) is 5.75 Å². The summed E-state index contributed by atoms with van der Waals surface area (Å²) in [5.74, 6) is 0.290. The molecule has 2 rings (SSSR count). The van der Waals surface area contributed by atoms with Crippen molar-refractivity contribution in [2.45, 2.75) is 0 Å². The maximum absolute atomic E-state index is 9.02. The van der Waals surface area contributed by atoms with E-state index in [1.54, 1.807) is 12.1 Å². The largest absolute Gasteiger partial charge is 0.508 e. The van der Waals surface area contributed by atoms with Gasteiger partial charge in [0.2, 0.25) is 0 Å². The Labute approximate surface area is 58.2 Å². The van der Waals surface area contributed by atoms with E-state index in [4.69, 9.17) is 5.11 Å². The van der Waals surface area contributed by atoms with E-state index in [9.17, 15) is 0 Å². The zero-order valence-corrected chi connectivity index (χ0v) is 5.41. The highest BCUT2D eigenvalue weighted by atomic mass is 16.3. The lowest BCUT2D eigenvalue weighted by molar-refractivity contribution is 0.474. The van der Waals surface area contributed by atoms with Gasteiger partial charge in [0.15, 0.2) is 0 Å². The first-order valence-electron chi connectivity index (χ1n) is 3.20. The molecule has 1 aromatic carbocycles. The summed E-state index contributed by atoms with van der Waals surface area (Å²) in [5, 5.41) is 11.0. The number of phenolic OH excluding ortho intramolecular Hbond substituents is 1. The molecule has 0 spiro atoms. The maximum Gasteiger partial charge on any atom is 0.117 e. The monoisotopic (exact) mass is 133 g/mol. The third-order valence-electron chi connectivity index (χ3n) is 1.59. The van der Waals surface area contributed by atoms with Gasteiger partial charge in [-0.05, 0) is 17.4 Å². The molecule has 1 aliphatic rings. The molecule has 0 aromatic heterocycles. The van der Waals surface area contributed by atoms with Crippen molar-refractivity contribution in [3.8, 4) is 5.75 Å². The van der Waals surface area contributed by atoms with Gasteiger partial charge in [-0.15, -0.1) is 0 Å². The average molecular weight is 133 g/mol. The lowest BCUT2D eigenvalue weighted by atomic mass is 10.3. The molecule has 1 N–H and O–H groups in total. The number of hydrogen-bond acceptors (Lipinski definition) is 2. The van der Waals surface area contributed by atoms with Crippen LogP contribution in [0, 0.1) is 0 Å². The standard InChI is InChI=1S/C8H7NO/c10-7-2-1-6-3-4-9-8(6)5-7/h1-3,5,10H,4H2. The third kappa shape index (κ3) is 0.692. The van der Waals surface area contributed by atoms with E-state index < -0.39 is 0 Å². The summed E-state index contributed by atoms with van der Waals surface area (Å²) >= 11 is 0. The fourth-order valence-electron chi connectivity index (χ4n) is 1.08. The molecule has 1 heterocycles. The van der Waals surface area contributed by atoms with Crippen molar-refractivity contribution in [1.82, 2.24) is 0 Å². The second-order valence-electron chi connectivity index (χ2n) is 2.29. The molecular formula is C8H7NO. The van der Waals surface area contributed by atoms with Gasteiger partial charge in [-0.2, -0.15) is 0 Å². The third-order valence-corrected chi connectivity index (χ3v) is 1.59. The Hall–Kier alpha value is -1.31. The number of aromatic hydroxyl groups is 1. The van der Waals surface area contributed by atoms with Gasteiger partial charge in [-0.3, -0.25) is 4.99 Å². The number of phenols is 1. The predicted molar refractivity (Wildman–Crippen MR) is 38.2 cm³/mol. The molecule has 0 amide bonds. The number of nitrogens with zero attached hydrogens (tertiary/aromatic N) is 1. The molecule has 0 bridgehead atoms. The molecule has 0 saturated carbocycles. The van der Waals surface area contributed by atoms with Crippen molar-refractivity contribution in [3.63, 3.8) is 0 Å². The van der Waals surface area contributed by atoms with Crippen molar-refractivity contribution in [2.75, 3.05) is 6.54 Å². The van der Waals surface area contributed by atoms with E-state index in [1.807, 2.05) is 12.1 Å². The molecule has 1 aromatic rings. The molecule has 10 heavy (non-hydrogen) atoms. The Kier molecular flexibility index (Phi) is 1.01. The van der Waals surface area contributed by atoms with Gasteiger partial charge in [-0.25, -0.2) is 0 Å². The minimum absolute atomic E-state index is 0.290.